The van der Waals surface area contributed by atoms with E-state index in [0.29, 0.717) is 22.5 Å². The van der Waals surface area contributed by atoms with Gasteiger partial charge in [-0.2, -0.15) is 5.10 Å². The fourth-order valence-corrected chi connectivity index (χ4v) is 1.98. The maximum absolute atomic E-state index is 12.1. The number of aromatic carboxylic acids is 1. The number of nitrogens with zero attached hydrogens (tertiary/aromatic N) is 2. The quantitative estimate of drug-likeness (QED) is 0.776. The highest BCUT2D eigenvalue weighted by Crippen LogP contribution is 2.19. The molecule has 0 aromatic carbocycles. The molecule has 7 heteroatoms. The number of amides is 1. The molecule has 3 N–H and O–H groups in total. The summed E-state index contributed by atoms with van der Waals surface area (Å²) in [6.45, 7) is 3.27. The number of aryl methyl sites for hydroxylation is 2. The SMILES string of the molecule is Cc1[nH]c(C(=O)O)c(C)c1C(=O)Nc1cnn(C)c1. The number of carbonyl (C=O) groups is 2. The molecule has 7 nitrogen and oxygen atoms in total. The van der Waals surface area contributed by atoms with Crippen molar-refractivity contribution >= 4 is 17.6 Å². The molecule has 0 radical (unpaired) electrons. The van der Waals surface area contributed by atoms with Crippen molar-refractivity contribution in [1.82, 2.24) is 14.8 Å². The van der Waals surface area contributed by atoms with Gasteiger partial charge in [0.15, 0.2) is 0 Å². The van der Waals surface area contributed by atoms with Crippen molar-refractivity contribution in [2.75, 3.05) is 5.32 Å². The number of anilines is 1. The number of carbonyl (C=O) groups excluding carboxylic acids is 1. The number of carboxylic acid groups (broad SMARTS) is 1. The summed E-state index contributed by atoms with van der Waals surface area (Å²) < 4.78 is 1.56. The number of H-pyrrole nitrogens is 1. The first-order chi connectivity index (χ1) is 8.90. The summed E-state index contributed by atoms with van der Waals surface area (Å²) in [5.41, 5.74) is 1.89. The molecule has 0 unspecified atom stereocenters. The predicted molar refractivity (Wildman–Crippen MR) is 68.4 cm³/mol. The second-order valence-electron chi connectivity index (χ2n) is 4.29. The Kier molecular flexibility index (Phi) is 3.12. The van der Waals surface area contributed by atoms with E-state index in [2.05, 4.69) is 15.4 Å². The van der Waals surface area contributed by atoms with Crippen molar-refractivity contribution in [1.29, 1.82) is 0 Å². The molecule has 0 fully saturated rings. The molecule has 2 heterocycles. The smallest absolute Gasteiger partial charge is 0.352 e. The maximum Gasteiger partial charge on any atom is 0.352 e. The van der Waals surface area contributed by atoms with Crippen LogP contribution in [-0.4, -0.2) is 31.7 Å². The van der Waals surface area contributed by atoms with Crippen LogP contribution in [0.15, 0.2) is 12.4 Å². The summed E-state index contributed by atoms with van der Waals surface area (Å²) in [6.07, 6.45) is 3.18. The zero-order valence-electron chi connectivity index (χ0n) is 10.8. The highest BCUT2D eigenvalue weighted by molar-refractivity contribution is 6.07. The fourth-order valence-electron chi connectivity index (χ4n) is 1.98. The number of rotatable bonds is 3. The van der Waals surface area contributed by atoms with Crippen molar-refractivity contribution < 1.29 is 14.7 Å². The van der Waals surface area contributed by atoms with E-state index in [-0.39, 0.29) is 11.6 Å². The lowest BCUT2D eigenvalue weighted by atomic mass is 10.1. The van der Waals surface area contributed by atoms with Gasteiger partial charge in [0.05, 0.1) is 17.4 Å². The van der Waals surface area contributed by atoms with E-state index in [4.69, 9.17) is 5.11 Å². The first-order valence-corrected chi connectivity index (χ1v) is 5.62. The van der Waals surface area contributed by atoms with Crippen LogP contribution in [0.2, 0.25) is 0 Å². The normalized spacial score (nSPS) is 10.5. The second kappa shape index (κ2) is 4.60. The molecule has 0 bridgehead atoms. The van der Waals surface area contributed by atoms with Crippen LogP contribution in [0, 0.1) is 13.8 Å². The lowest BCUT2D eigenvalue weighted by Crippen LogP contribution is -2.13. The number of carboxylic acids is 1. The molecule has 0 aliphatic heterocycles. The third-order valence-electron chi connectivity index (χ3n) is 2.84. The third-order valence-corrected chi connectivity index (χ3v) is 2.84. The van der Waals surface area contributed by atoms with E-state index in [9.17, 15) is 9.59 Å². The Morgan fingerprint density at radius 3 is 2.58 bits per heavy atom. The highest BCUT2D eigenvalue weighted by Gasteiger charge is 2.21. The van der Waals surface area contributed by atoms with E-state index in [1.54, 1.807) is 31.8 Å². The Morgan fingerprint density at radius 1 is 1.42 bits per heavy atom. The fraction of sp³-hybridized carbons (Fsp3) is 0.250. The van der Waals surface area contributed by atoms with Crippen LogP contribution in [-0.2, 0) is 7.05 Å². The second-order valence-corrected chi connectivity index (χ2v) is 4.29. The van der Waals surface area contributed by atoms with Gasteiger partial charge < -0.3 is 15.4 Å². The average molecular weight is 262 g/mol. The van der Waals surface area contributed by atoms with E-state index >= 15 is 0 Å². The Labute approximate surface area is 109 Å². The van der Waals surface area contributed by atoms with E-state index in [1.807, 2.05) is 0 Å². The maximum atomic E-state index is 12.1. The molecule has 0 saturated carbocycles. The zero-order valence-corrected chi connectivity index (χ0v) is 10.8. The molecule has 0 saturated heterocycles. The molecule has 2 aromatic rings. The average Bonchev–Trinajstić information content (AvgIpc) is 2.83. The molecule has 19 heavy (non-hydrogen) atoms. The number of hydrogen-bond acceptors (Lipinski definition) is 3. The monoisotopic (exact) mass is 262 g/mol. The summed E-state index contributed by atoms with van der Waals surface area (Å²) in [5, 5.41) is 15.6. The molecule has 0 aliphatic rings. The van der Waals surface area contributed by atoms with Gasteiger partial charge in [-0.25, -0.2) is 4.79 Å². The largest absolute Gasteiger partial charge is 0.477 e. The molecular formula is C12H14N4O3. The van der Waals surface area contributed by atoms with Crippen LogP contribution >= 0.6 is 0 Å². The predicted octanol–water partition coefficient (Wildman–Crippen LogP) is 1.32. The van der Waals surface area contributed by atoms with Crippen LogP contribution in [0.1, 0.15) is 32.1 Å². The minimum absolute atomic E-state index is 0.0360. The lowest BCUT2D eigenvalue weighted by Gasteiger charge is -2.03. The molecule has 0 aliphatic carbocycles. The Balaban J connectivity index is 2.31. The van der Waals surface area contributed by atoms with Gasteiger partial charge in [-0.1, -0.05) is 0 Å². The summed E-state index contributed by atoms with van der Waals surface area (Å²) >= 11 is 0. The van der Waals surface area contributed by atoms with Gasteiger partial charge in [0.2, 0.25) is 0 Å². The molecule has 100 valence electrons. The highest BCUT2D eigenvalue weighted by atomic mass is 16.4. The summed E-state index contributed by atoms with van der Waals surface area (Å²) in [7, 11) is 1.74. The molecule has 0 atom stereocenters. The topological polar surface area (TPSA) is 100 Å². The van der Waals surface area contributed by atoms with Gasteiger partial charge >= 0.3 is 5.97 Å². The van der Waals surface area contributed by atoms with Crippen LogP contribution < -0.4 is 5.32 Å². The van der Waals surface area contributed by atoms with Crippen LogP contribution in [0.3, 0.4) is 0 Å². The Morgan fingerprint density at radius 2 is 2.11 bits per heavy atom. The van der Waals surface area contributed by atoms with Crippen LogP contribution in [0.4, 0.5) is 5.69 Å². The third kappa shape index (κ3) is 2.35. The molecule has 1 amide bonds. The minimum atomic E-state index is -1.08. The van der Waals surface area contributed by atoms with Gasteiger partial charge in [-0.05, 0) is 19.4 Å². The molecule has 2 aromatic heterocycles. The van der Waals surface area contributed by atoms with E-state index in [1.165, 1.54) is 6.20 Å². The first kappa shape index (κ1) is 12.9. The van der Waals surface area contributed by atoms with Crippen molar-refractivity contribution in [3.05, 3.63) is 34.9 Å². The molecule has 0 spiro atoms. The zero-order chi connectivity index (χ0) is 14.2. The number of aromatic amines is 1. The minimum Gasteiger partial charge on any atom is -0.477 e. The Hall–Kier alpha value is -2.57. The molecular weight excluding hydrogens is 248 g/mol. The number of hydrogen-bond donors (Lipinski definition) is 3. The van der Waals surface area contributed by atoms with Gasteiger partial charge in [0.25, 0.3) is 5.91 Å². The number of nitrogens with one attached hydrogen (secondary N) is 2. The molecule has 2 rings (SSSR count). The van der Waals surface area contributed by atoms with Crippen molar-refractivity contribution in [3.63, 3.8) is 0 Å². The van der Waals surface area contributed by atoms with Gasteiger partial charge in [-0.15, -0.1) is 0 Å². The van der Waals surface area contributed by atoms with E-state index in [0.717, 1.165) is 0 Å². The van der Waals surface area contributed by atoms with E-state index < -0.39 is 5.97 Å². The van der Waals surface area contributed by atoms with Crippen LogP contribution in [0.5, 0.6) is 0 Å². The summed E-state index contributed by atoms with van der Waals surface area (Å²) in [5.74, 6) is -1.44. The van der Waals surface area contributed by atoms with Crippen LogP contribution in [0.25, 0.3) is 0 Å². The summed E-state index contributed by atoms with van der Waals surface area (Å²) in [4.78, 5) is 25.8. The van der Waals surface area contributed by atoms with Gasteiger partial charge in [0, 0.05) is 18.9 Å². The van der Waals surface area contributed by atoms with Gasteiger partial charge in [-0.3, -0.25) is 9.48 Å². The van der Waals surface area contributed by atoms with Crippen molar-refractivity contribution in [2.24, 2.45) is 7.05 Å². The lowest BCUT2D eigenvalue weighted by molar-refractivity contribution is 0.0690. The summed E-state index contributed by atoms with van der Waals surface area (Å²) in [6, 6.07) is 0. The number of aromatic nitrogens is 3. The first-order valence-electron chi connectivity index (χ1n) is 5.62. The van der Waals surface area contributed by atoms with Crippen molar-refractivity contribution in [2.45, 2.75) is 13.8 Å². The van der Waals surface area contributed by atoms with Crippen molar-refractivity contribution in [3.8, 4) is 0 Å². The van der Waals surface area contributed by atoms with Gasteiger partial charge in [0.1, 0.15) is 5.69 Å². The Bertz CT molecular complexity index is 654. The standard InChI is InChI=1S/C12H14N4O3/c1-6-9(7(2)14-10(6)12(18)19)11(17)15-8-4-13-16(3)5-8/h4-5,14H,1-3H3,(H,15,17)(H,18,19).